The van der Waals surface area contributed by atoms with Crippen LogP contribution in [0.1, 0.15) is 32.6 Å². The Kier molecular flexibility index (Phi) is 4.05. The van der Waals surface area contributed by atoms with Gasteiger partial charge in [0.1, 0.15) is 6.54 Å². The van der Waals surface area contributed by atoms with Gasteiger partial charge in [-0.2, -0.15) is 5.10 Å². The summed E-state index contributed by atoms with van der Waals surface area (Å²) in [5.41, 5.74) is 0. The molecule has 0 N–H and O–H groups in total. The van der Waals surface area contributed by atoms with Crippen LogP contribution < -0.4 is 0 Å². The smallest absolute Gasteiger partial charge is 0.244 e. The van der Waals surface area contributed by atoms with Crippen LogP contribution in [-0.2, 0) is 11.3 Å². The molecule has 1 aromatic rings. The van der Waals surface area contributed by atoms with Crippen molar-refractivity contribution in [1.82, 2.24) is 19.6 Å². The van der Waals surface area contributed by atoms with Crippen LogP contribution in [0.25, 0.3) is 0 Å². The molecule has 110 valence electrons. The Morgan fingerprint density at radius 1 is 1.25 bits per heavy atom. The zero-order chi connectivity index (χ0) is 13.9. The molecule has 0 spiro atoms. The van der Waals surface area contributed by atoms with Gasteiger partial charge in [0.05, 0.1) is 0 Å². The molecule has 3 rings (SSSR count). The van der Waals surface area contributed by atoms with Gasteiger partial charge >= 0.3 is 0 Å². The minimum absolute atomic E-state index is 0.221. The highest BCUT2D eigenvalue weighted by Gasteiger charge is 2.38. The van der Waals surface area contributed by atoms with Crippen LogP contribution in [0, 0.1) is 0 Å². The number of amides is 1. The molecule has 5 nitrogen and oxygen atoms in total. The largest absolute Gasteiger partial charge is 0.337 e. The first kappa shape index (κ1) is 13.6. The van der Waals surface area contributed by atoms with Gasteiger partial charge in [-0.3, -0.25) is 14.4 Å². The highest BCUT2D eigenvalue weighted by molar-refractivity contribution is 5.76. The molecule has 0 radical (unpaired) electrons. The standard InChI is InChI=1S/C15H24N4O/c1-2-17-9-3-6-13(17)14-7-4-11-19(14)15(20)12-18-10-5-8-16-18/h5,8,10,13-14H,2-4,6-7,9,11-12H2,1H3. The van der Waals surface area contributed by atoms with Gasteiger partial charge in [0.25, 0.3) is 0 Å². The van der Waals surface area contributed by atoms with Crippen LogP contribution in [0.3, 0.4) is 0 Å². The Hall–Kier alpha value is -1.36. The van der Waals surface area contributed by atoms with Crippen molar-refractivity contribution in [3.05, 3.63) is 18.5 Å². The molecule has 2 aliphatic heterocycles. The second-order valence-corrected chi connectivity index (χ2v) is 5.84. The molecule has 5 heteroatoms. The summed E-state index contributed by atoms with van der Waals surface area (Å²) >= 11 is 0. The maximum Gasteiger partial charge on any atom is 0.244 e. The molecule has 1 aromatic heterocycles. The average Bonchev–Trinajstić information content (AvgIpc) is 3.18. The van der Waals surface area contributed by atoms with E-state index in [1.165, 1.54) is 19.4 Å². The summed E-state index contributed by atoms with van der Waals surface area (Å²) in [5, 5.41) is 4.14. The van der Waals surface area contributed by atoms with E-state index in [9.17, 15) is 4.79 Å². The fourth-order valence-electron chi connectivity index (χ4n) is 3.81. The third-order valence-corrected chi connectivity index (χ3v) is 4.74. The number of nitrogens with zero attached hydrogens (tertiary/aromatic N) is 4. The maximum absolute atomic E-state index is 12.5. The van der Waals surface area contributed by atoms with Gasteiger partial charge in [0.15, 0.2) is 0 Å². The van der Waals surface area contributed by atoms with E-state index in [0.29, 0.717) is 18.6 Å². The van der Waals surface area contributed by atoms with Gasteiger partial charge in [-0.25, -0.2) is 0 Å². The van der Waals surface area contributed by atoms with Gasteiger partial charge in [0.2, 0.25) is 5.91 Å². The van der Waals surface area contributed by atoms with Crippen LogP contribution >= 0.6 is 0 Å². The van der Waals surface area contributed by atoms with Crippen molar-refractivity contribution >= 4 is 5.91 Å². The number of carbonyl (C=O) groups is 1. The van der Waals surface area contributed by atoms with Crippen LogP contribution in [0.5, 0.6) is 0 Å². The van der Waals surface area contributed by atoms with Crippen molar-refractivity contribution in [3.63, 3.8) is 0 Å². The summed E-state index contributed by atoms with van der Waals surface area (Å²) in [7, 11) is 0. The minimum atomic E-state index is 0.221. The average molecular weight is 276 g/mol. The minimum Gasteiger partial charge on any atom is -0.337 e. The molecular formula is C15H24N4O. The zero-order valence-electron chi connectivity index (χ0n) is 12.2. The Morgan fingerprint density at radius 3 is 2.80 bits per heavy atom. The van der Waals surface area contributed by atoms with Gasteiger partial charge < -0.3 is 4.90 Å². The highest BCUT2D eigenvalue weighted by atomic mass is 16.2. The predicted octanol–water partition coefficient (Wildman–Crippen LogP) is 1.36. The number of likely N-dealkylation sites (tertiary alicyclic amines) is 2. The summed E-state index contributed by atoms with van der Waals surface area (Å²) in [4.78, 5) is 17.2. The molecule has 2 aliphatic rings. The number of hydrogen-bond acceptors (Lipinski definition) is 3. The van der Waals surface area contributed by atoms with Crippen LogP contribution in [-0.4, -0.2) is 57.2 Å². The lowest BCUT2D eigenvalue weighted by Crippen LogP contribution is -2.49. The Labute approximate surface area is 120 Å². The normalized spacial score (nSPS) is 27.4. The fraction of sp³-hybridized carbons (Fsp3) is 0.733. The Bertz CT molecular complexity index is 445. The molecule has 2 unspecified atom stereocenters. The molecule has 2 atom stereocenters. The van der Waals surface area contributed by atoms with Crippen LogP contribution in [0.15, 0.2) is 18.5 Å². The van der Waals surface area contributed by atoms with E-state index in [4.69, 9.17) is 0 Å². The van der Waals surface area contributed by atoms with E-state index in [1.54, 1.807) is 10.9 Å². The highest BCUT2D eigenvalue weighted by Crippen LogP contribution is 2.29. The van der Waals surface area contributed by atoms with E-state index < -0.39 is 0 Å². The Morgan fingerprint density at radius 2 is 2.05 bits per heavy atom. The van der Waals surface area contributed by atoms with Crippen molar-refractivity contribution in [1.29, 1.82) is 0 Å². The number of likely N-dealkylation sites (N-methyl/N-ethyl adjacent to an activating group) is 1. The monoisotopic (exact) mass is 276 g/mol. The lowest BCUT2D eigenvalue weighted by atomic mass is 10.0. The molecule has 3 heterocycles. The van der Waals surface area contributed by atoms with Crippen molar-refractivity contribution < 1.29 is 4.79 Å². The molecule has 20 heavy (non-hydrogen) atoms. The van der Waals surface area contributed by atoms with E-state index in [0.717, 1.165) is 25.9 Å². The second kappa shape index (κ2) is 5.95. The third-order valence-electron chi connectivity index (χ3n) is 4.74. The van der Waals surface area contributed by atoms with Gasteiger partial charge in [-0.05, 0) is 44.8 Å². The van der Waals surface area contributed by atoms with E-state index in [2.05, 4.69) is 21.8 Å². The van der Waals surface area contributed by atoms with Crippen LogP contribution in [0.4, 0.5) is 0 Å². The van der Waals surface area contributed by atoms with Crippen molar-refractivity contribution in [2.75, 3.05) is 19.6 Å². The van der Waals surface area contributed by atoms with Gasteiger partial charge in [-0.1, -0.05) is 6.92 Å². The topological polar surface area (TPSA) is 41.4 Å². The Balaban J connectivity index is 1.67. The molecule has 2 saturated heterocycles. The molecule has 0 saturated carbocycles. The number of rotatable bonds is 4. The molecule has 0 bridgehead atoms. The van der Waals surface area contributed by atoms with E-state index in [1.807, 2.05) is 12.3 Å². The lowest BCUT2D eigenvalue weighted by Gasteiger charge is -2.34. The quantitative estimate of drug-likeness (QED) is 0.834. The zero-order valence-corrected chi connectivity index (χ0v) is 12.2. The first-order valence-electron chi connectivity index (χ1n) is 7.80. The van der Waals surface area contributed by atoms with Gasteiger partial charge in [0, 0.05) is 31.0 Å². The fourth-order valence-corrected chi connectivity index (χ4v) is 3.81. The molecule has 2 fully saturated rings. The molecule has 1 amide bonds. The number of hydrogen-bond donors (Lipinski definition) is 0. The van der Waals surface area contributed by atoms with Crippen molar-refractivity contribution in [2.24, 2.45) is 0 Å². The second-order valence-electron chi connectivity index (χ2n) is 5.84. The molecule has 0 aromatic carbocycles. The van der Waals surface area contributed by atoms with Crippen molar-refractivity contribution in [2.45, 2.75) is 51.2 Å². The predicted molar refractivity (Wildman–Crippen MR) is 77.2 cm³/mol. The summed E-state index contributed by atoms with van der Waals surface area (Å²) in [6, 6.07) is 2.86. The summed E-state index contributed by atoms with van der Waals surface area (Å²) < 4.78 is 1.73. The lowest BCUT2D eigenvalue weighted by molar-refractivity contribution is -0.133. The molecular weight excluding hydrogens is 252 g/mol. The first-order chi connectivity index (χ1) is 9.79. The van der Waals surface area contributed by atoms with E-state index in [-0.39, 0.29) is 5.91 Å². The maximum atomic E-state index is 12.5. The summed E-state index contributed by atoms with van der Waals surface area (Å²) in [5.74, 6) is 0.221. The number of carbonyl (C=O) groups excluding carboxylic acids is 1. The summed E-state index contributed by atoms with van der Waals surface area (Å²) in [6.07, 6.45) is 8.40. The number of aromatic nitrogens is 2. The first-order valence-corrected chi connectivity index (χ1v) is 7.80. The third kappa shape index (κ3) is 2.59. The van der Waals surface area contributed by atoms with Crippen molar-refractivity contribution in [3.8, 4) is 0 Å². The van der Waals surface area contributed by atoms with Crippen LogP contribution in [0.2, 0.25) is 0 Å². The van der Waals surface area contributed by atoms with E-state index >= 15 is 0 Å². The van der Waals surface area contributed by atoms with Gasteiger partial charge in [-0.15, -0.1) is 0 Å². The summed E-state index contributed by atoms with van der Waals surface area (Å²) in [6.45, 7) is 5.81. The molecule has 0 aliphatic carbocycles. The SMILES string of the molecule is CCN1CCCC1C1CCCN1C(=O)Cn1cccn1.